The van der Waals surface area contributed by atoms with Crippen LogP contribution in [0, 0.1) is 5.41 Å². The van der Waals surface area contributed by atoms with Crippen LogP contribution < -0.4 is 15.5 Å². The minimum absolute atomic E-state index is 0.127. The summed E-state index contributed by atoms with van der Waals surface area (Å²) in [6.45, 7) is 6.57. The van der Waals surface area contributed by atoms with E-state index >= 15 is 0 Å². The molecule has 1 saturated heterocycles. The first-order valence-electron chi connectivity index (χ1n) is 14.4. The van der Waals surface area contributed by atoms with Gasteiger partial charge in [0.2, 0.25) is 17.7 Å². The Labute approximate surface area is 241 Å². The fourth-order valence-electron chi connectivity index (χ4n) is 6.18. The predicted octanol–water partition coefficient (Wildman–Crippen LogP) is 3.67. The van der Waals surface area contributed by atoms with E-state index in [0.29, 0.717) is 25.1 Å². The molecular formula is C32H40N4O5. The Bertz CT molecular complexity index is 1290. The van der Waals surface area contributed by atoms with Gasteiger partial charge in [-0.25, -0.2) is 0 Å². The van der Waals surface area contributed by atoms with Crippen molar-refractivity contribution >= 4 is 35.1 Å². The lowest BCUT2D eigenvalue weighted by Crippen LogP contribution is -2.49. The molecule has 1 heterocycles. The molecule has 0 bridgehead atoms. The predicted molar refractivity (Wildman–Crippen MR) is 156 cm³/mol. The summed E-state index contributed by atoms with van der Waals surface area (Å²) in [4.78, 5) is 66.6. The molecule has 2 aliphatic rings. The third-order valence-electron chi connectivity index (χ3n) is 8.45. The fraction of sp³-hybridized carbons (Fsp3) is 0.469. The Morgan fingerprint density at radius 1 is 0.951 bits per heavy atom. The van der Waals surface area contributed by atoms with Crippen LogP contribution >= 0.6 is 0 Å². The molecule has 2 aromatic carbocycles. The first-order chi connectivity index (χ1) is 19.5. The molecule has 2 N–H and O–H groups in total. The van der Waals surface area contributed by atoms with Crippen molar-refractivity contribution < 1.29 is 24.0 Å². The van der Waals surface area contributed by atoms with Crippen LogP contribution in [0.3, 0.4) is 0 Å². The minimum atomic E-state index is -0.690. The average Bonchev–Trinajstić information content (AvgIpc) is 3.52. The molecule has 3 atom stereocenters. The van der Waals surface area contributed by atoms with Gasteiger partial charge in [0, 0.05) is 26.1 Å². The summed E-state index contributed by atoms with van der Waals surface area (Å²) in [6, 6.07) is 15.5. The van der Waals surface area contributed by atoms with Crippen LogP contribution in [-0.4, -0.2) is 52.9 Å². The summed E-state index contributed by atoms with van der Waals surface area (Å²) in [5, 5.41) is 5.79. The molecule has 9 heteroatoms. The number of benzene rings is 2. The van der Waals surface area contributed by atoms with Gasteiger partial charge in [0.25, 0.3) is 5.91 Å². The highest BCUT2D eigenvalue weighted by atomic mass is 16.2. The van der Waals surface area contributed by atoms with Crippen molar-refractivity contribution in [3.8, 4) is 0 Å². The van der Waals surface area contributed by atoms with Crippen LogP contribution in [0.25, 0.3) is 0 Å². The molecule has 4 rings (SSSR count). The first kappa shape index (κ1) is 30.0. The number of Topliss-reactive ketones (excluding diaryl/α,β-unsaturated/α-hetero) is 1. The van der Waals surface area contributed by atoms with Gasteiger partial charge in [0.1, 0.15) is 12.2 Å². The summed E-state index contributed by atoms with van der Waals surface area (Å²) < 4.78 is 0. The quantitative estimate of drug-likeness (QED) is 0.460. The summed E-state index contributed by atoms with van der Waals surface area (Å²) in [7, 11) is 0. The highest BCUT2D eigenvalue weighted by molar-refractivity contribution is 6.03. The van der Waals surface area contributed by atoms with Crippen LogP contribution in [0.2, 0.25) is 0 Å². The van der Waals surface area contributed by atoms with Crippen LogP contribution in [0.15, 0.2) is 54.6 Å². The minimum Gasteiger partial charge on any atom is -0.356 e. The van der Waals surface area contributed by atoms with E-state index in [1.807, 2.05) is 54.6 Å². The van der Waals surface area contributed by atoms with Crippen molar-refractivity contribution in [1.82, 2.24) is 15.5 Å². The van der Waals surface area contributed by atoms with E-state index in [4.69, 9.17) is 0 Å². The number of rotatable bonds is 10. The van der Waals surface area contributed by atoms with Crippen molar-refractivity contribution in [1.29, 1.82) is 0 Å². The lowest BCUT2D eigenvalue weighted by molar-refractivity contribution is -0.134. The number of carbonyl (C=O) groups is 5. The Morgan fingerprint density at radius 3 is 2.15 bits per heavy atom. The number of ketones is 1. The van der Waals surface area contributed by atoms with Gasteiger partial charge in [-0.2, -0.15) is 0 Å². The Morgan fingerprint density at radius 2 is 1.59 bits per heavy atom. The van der Waals surface area contributed by atoms with E-state index in [2.05, 4.69) is 10.6 Å². The lowest BCUT2D eigenvalue weighted by atomic mass is 9.81. The molecule has 0 radical (unpaired) electrons. The molecule has 1 aliphatic carbocycles. The molecule has 2 fully saturated rings. The Kier molecular flexibility index (Phi) is 9.25. The normalized spacial score (nSPS) is 20.5. The highest BCUT2D eigenvalue weighted by Crippen LogP contribution is 2.41. The van der Waals surface area contributed by atoms with Crippen LogP contribution in [0.1, 0.15) is 77.1 Å². The van der Waals surface area contributed by atoms with Crippen LogP contribution in [-0.2, 0) is 30.4 Å². The van der Waals surface area contributed by atoms with Gasteiger partial charge >= 0.3 is 0 Å². The third-order valence-corrected chi connectivity index (χ3v) is 8.45. The topological polar surface area (TPSA) is 116 Å². The van der Waals surface area contributed by atoms with Crippen molar-refractivity contribution in [2.75, 3.05) is 11.4 Å². The smallest absolute Gasteiger partial charge is 0.251 e. The zero-order chi connectivity index (χ0) is 29.7. The number of nitrogens with zero attached hydrogens (tertiary/aromatic N) is 2. The van der Waals surface area contributed by atoms with E-state index in [1.165, 1.54) is 20.8 Å². The number of anilines is 1. The number of nitrogens with one attached hydrogen (secondary N) is 2. The summed E-state index contributed by atoms with van der Waals surface area (Å²) >= 11 is 0. The SMILES string of the molecule is CC(=O)NCCC1(C(=O)NC(Cc2ccc(N3C(=O)C(C)N(C(C)=O)C3c3ccccc3)cc2)C(C)=O)CCCC1. The number of carbonyl (C=O) groups excluding carboxylic acids is 5. The van der Waals surface area contributed by atoms with Gasteiger partial charge in [-0.1, -0.05) is 55.3 Å². The zero-order valence-electron chi connectivity index (χ0n) is 24.3. The van der Waals surface area contributed by atoms with Crippen molar-refractivity contribution in [2.24, 2.45) is 5.41 Å². The number of hydrogen-bond donors (Lipinski definition) is 2. The van der Waals surface area contributed by atoms with Gasteiger partial charge in [0.15, 0.2) is 5.78 Å². The van der Waals surface area contributed by atoms with Gasteiger partial charge in [-0.05, 0) is 62.8 Å². The monoisotopic (exact) mass is 560 g/mol. The lowest BCUT2D eigenvalue weighted by Gasteiger charge is -2.31. The molecule has 41 heavy (non-hydrogen) atoms. The van der Waals surface area contributed by atoms with E-state index < -0.39 is 23.7 Å². The third kappa shape index (κ3) is 6.50. The molecule has 1 saturated carbocycles. The second kappa shape index (κ2) is 12.7. The van der Waals surface area contributed by atoms with Gasteiger partial charge in [-0.15, -0.1) is 0 Å². The summed E-state index contributed by atoms with van der Waals surface area (Å²) in [5.41, 5.74) is 1.74. The van der Waals surface area contributed by atoms with Gasteiger partial charge in [-0.3, -0.25) is 28.9 Å². The van der Waals surface area contributed by atoms with Crippen molar-refractivity contribution in [3.63, 3.8) is 0 Å². The molecule has 9 nitrogen and oxygen atoms in total. The first-order valence-corrected chi connectivity index (χ1v) is 14.4. The molecule has 0 aromatic heterocycles. The van der Waals surface area contributed by atoms with Gasteiger partial charge in [0.05, 0.1) is 11.5 Å². The second-order valence-electron chi connectivity index (χ2n) is 11.3. The average molecular weight is 561 g/mol. The molecule has 4 amide bonds. The van der Waals surface area contributed by atoms with E-state index in [0.717, 1.165) is 36.8 Å². The maximum Gasteiger partial charge on any atom is 0.251 e. The van der Waals surface area contributed by atoms with Crippen LogP contribution in [0.5, 0.6) is 0 Å². The van der Waals surface area contributed by atoms with Crippen LogP contribution in [0.4, 0.5) is 5.69 Å². The Hall–Kier alpha value is -4.01. The maximum absolute atomic E-state index is 13.4. The van der Waals surface area contributed by atoms with E-state index in [1.54, 1.807) is 16.7 Å². The molecule has 3 unspecified atom stereocenters. The van der Waals surface area contributed by atoms with Crippen molar-refractivity contribution in [3.05, 3.63) is 65.7 Å². The number of amides is 4. The molecule has 218 valence electrons. The summed E-state index contributed by atoms with van der Waals surface area (Å²) in [5.74, 6) is -0.753. The van der Waals surface area contributed by atoms with E-state index in [-0.39, 0.29) is 29.4 Å². The number of hydrogen-bond acceptors (Lipinski definition) is 5. The Balaban J connectivity index is 1.51. The highest BCUT2D eigenvalue weighted by Gasteiger charge is 2.46. The maximum atomic E-state index is 13.4. The fourth-order valence-corrected chi connectivity index (χ4v) is 6.18. The zero-order valence-corrected chi connectivity index (χ0v) is 24.3. The molecule has 2 aromatic rings. The molecule has 0 spiro atoms. The van der Waals surface area contributed by atoms with Crippen molar-refractivity contribution in [2.45, 2.75) is 84.5 Å². The standard InChI is InChI=1S/C32H40N4O5/c1-21-30(40)36(29(35(21)24(4)39)26-10-6-5-7-11-26)27-14-12-25(13-15-27)20-28(22(2)37)34-31(41)32(16-8-9-17-32)18-19-33-23(3)38/h5-7,10-15,21,28-29H,8-9,16-20H2,1-4H3,(H,33,38)(H,34,41). The molecule has 1 aliphatic heterocycles. The van der Waals surface area contributed by atoms with E-state index in [9.17, 15) is 24.0 Å². The summed E-state index contributed by atoms with van der Waals surface area (Å²) in [6.07, 6.45) is 3.65. The second-order valence-corrected chi connectivity index (χ2v) is 11.3. The van der Waals surface area contributed by atoms with Gasteiger partial charge < -0.3 is 15.5 Å². The molecular weight excluding hydrogens is 520 g/mol. The largest absolute Gasteiger partial charge is 0.356 e.